The zero-order chi connectivity index (χ0) is 18.8. The van der Waals surface area contributed by atoms with Gasteiger partial charge in [-0.25, -0.2) is 9.97 Å². The van der Waals surface area contributed by atoms with Crippen molar-refractivity contribution in [2.75, 3.05) is 37.0 Å². The molecule has 0 unspecified atom stereocenters. The van der Waals surface area contributed by atoms with Crippen LogP contribution in [0.3, 0.4) is 0 Å². The van der Waals surface area contributed by atoms with Gasteiger partial charge in [-0.15, -0.1) is 0 Å². The molecule has 1 aromatic heterocycles. The highest BCUT2D eigenvalue weighted by molar-refractivity contribution is 5.94. The van der Waals surface area contributed by atoms with Gasteiger partial charge in [0.15, 0.2) is 0 Å². The normalized spacial score (nSPS) is 17.6. The summed E-state index contributed by atoms with van der Waals surface area (Å²) in [5.74, 6) is 1.16. The van der Waals surface area contributed by atoms with Crippen LogP contribution < -0.4 is 9.80 Å². The van der Waals surface area contributed by atoms with Crippen LogP contribution in [0.4, 0.5) is 11.5 Å². The summed E-state index contributed by atoms with van der Waals surface area (Å²) < 4.78 is 0. The molecule has 1 aliphatic heterocycles. The number of rotatable bonds is 5. The fraction of sp³-hybridized carbons (Fsp3) is 0.476. The zero-order valence-corrected chi connectivity index (χ0v) is 16.1. The Morgan fingerprint density at radius 3 is 2.22 bits per heavy atom. The molecule has 142 valence electrons. The third-order valence-electron chi connectivity index (χ3n) is 5.55. The van der Waals surface area contributed by atoms with Crippen molar-refractivity contribution in [2.24, 2.45) is 0 Å². The second-order valence-corrected chi connectivity index (χ2v) is 7.67. The molecule has 0 bridgehead atoms. The maximum absolute atomic E-state index is 12.9. The first-order valence-electron chi connectivity index (χ1n) is 9.74. The molecule has 1 amide bonds. The molecule has 2 aliphatic rings. The average Bonchev–Trinajstić information content (AvgIpc) is 3.54. The number of anilines is 2. The van der Waals surface area contributed by atoms with Gasteiger partial charge in [-0.1, -0.05) is 0 Å². The van der Waals surface area contributed by atoms with Crippen molar-refractivity contribution in [1.29, 1.82) is 0 Å². The fourth-order valence-electron chi connectivity index (χ4n) is 3.89. The van der Waals surface area contributed by atoms with Crippen LogP contribution in [-0.2, 0) is 0 Å². The Balaban J connectivity index is 1.40. The van der Waals surface area contributed by atoms with Crippen molar-refractivity contribution in [3.8, 4) is 0 Å². The summed E-state index contributed by atoms with van der Waals surface area (Å²) in [5, 5.41) is 0. The zero-order valence-electron chi connectivity index (χ0n) is 16.1. The quantitative estimate of drug-likeness (QED) is 0.816. The molecule has 4 rings (SSSR count). The molecule has 2 heterocycles. The summed E-state index contributed by atoms with van der Waals surface area (Å²) in [4.78, 5) is 27.9. The van der Waals surface area contributed by atoms with Gasteiger partial charge in [-0.05, 0) is 56.0 Å². The number of carbonyl (C=O) groups excluding carboxylic acids is 1. The Labute approximate surface area is 160 Å². The summed E-state index contributed by atoms with van der Waals surface area (Å²) in [5.41, 5.74) is 1.88. The number of aromatic nitrogens is 2. The van der Waals surface area contributed by atoms with Crippen molar-refractivity contribution >= 4 is 17.4 Å². The van der Waals surface area contributed by atoms with Gasteiger partial charge < -0.3 is 14.7 Å². The summed E-state index contributed by atoms with van der Waals surface area (Å²) in [6, 6.07) is 10.9. The van der Waals surface area contributed by atoms with E-state index < -0.39 is 0 Å². The van der Waals surface area contributed by atoms with Crippen LogP contribution in [0.1, 0.15) is 36.0 Å². The van der Waals surface area contributed by atoms with Crippen LogP contribution in [0.25, 0.3) is 0 Å². The molecule has 1 saturated heterocycles. The Hall–Kier alpha value is -2.63. The van der Waals surface area contributed by atoms with Crippen molar-refractivity contribution in [1.82, 2.24) is 14.9 Å². The minimum atomic E-state index is 0.138. The lowest BCUT2D eigenvalue weighted by atomic mass is 10.0. The number of piperidine rings is 1. The van der Waals surface area contributed by atoms with E-state index >= 15 is 0 Å². The topological polar surface area (TPSA) is 52.6 Å². The lowest BCUT2D eigenvalue weighted by molar-refractivity contribution is 0.0712. The Morgan fingerprint density at radius 2 is 1.67 bits per heavy atom. The standard InChI is InChI=1S/C21H27N5O/c1-24(2)17-5-3-16(4-6-17)21(27)25-13-10-19(11-14-25)26(18-7-8-18)20-9-12-22-15-23-20/h3-6,9,12,15,18-19H,7-8,10-11,13-14H2,1-2H3. The van der Waals surface area contributed by atoms with E-state index in [1.807, 2.05) is 60.4 Å². The third-order valence-corrected chi connectivity index (χ3v) is 5.55. The Morgan fingerprint density at radius 1 is 1.00 bits per heavy atom. The smallest absolute Gasteiger partial charge is 0.253 e. The minimum absolute atomic E-state index is 0.138. The van der Waals surface area contributed by atoms with E-state index in [9.17, 15) is 4.79 Å². The minimum Gasteiger partial charge on any atom is -0.378 e. The molecule has 0 spiro atoms. The SMILES string of the molecule is CN(C)c1ccc(C(=O)N2CCC(N(c3ccncn3)C3CC3)CC2)cc1. The number of amides is 1. The van der Waals surface area contributed by atoms with Crippen LogP contribution >= 0.6 is 0 Å². The highest BCUT2D eigenvalue weighted by Crippen LogP contribution is 2.35. The summed E-state index contributed by atoms with van der Waals surface area (Å²) in [6.45, 7) is 1.60. The van der Waals surface area contributed by atoms with E-state index in [-0.39, 0.29) is 5.91 Å². The van der Waals surface area contributed by atoms with E-state index in [1.54, 1.807) is 6.33 Å². The van der Waals surface area contributed by atoms with Gasteiger partial charge in [-0.3, -0.25) is 4.79 Å². The first-order valence-corrected chi connectivity index (χ1v) is 9.74. The van der Waals surface area contributed by atoms with Crippen LogP contribution in [0.2, 0.25) is 0 Å². The number of benzene rings is 1. The lowest BCUT2D eigenvalue weighted by Gasteiger charge is -2.39. The van der Waals surface area contributed by atoms with Gasteiger partial charge in [-0.2, -0.15) is 0 Å². The van der Waals surface area contributed by atoms with Crippen molar-refractivity contribution in [3.63, 3.8) is 0 Å². The van der Waals surface area contributed by atoms with Gasteiger partial charge in [0.1, 0.15) is 12.1 Å². The fourth-order valence-corrected chi connectivity index (χ4v) is 3.89. The number of hydrogen-bond donors (Lipinski definition) is 0. The van der Waals surface area contributed by atoms with E-state index in [1.165, 1.54) is 12.8 Å². The van der Waals surface area contributed by atoms with Gasteiger partial charge in [0.25, 0.3) is 5.91 Å². The van der Waals surface area contributed by atoms with Crippen LogP contribution in [0.5, 0.6) is 0 Å². The number of hydrogen-bond acceptors (Lipinski definition) is 5. The Bertz CT molecular complexity index is 765. The van der Waals surface area contributed by atoms with Crippen molar-refractivity contribution < 1.29 is 4.79 Å². The van der Waals surface area contributed by atoms with Crippen molar-refractivity contribution in [2.45, 2.75) is 37.8 Å². The monoisotopic (exact) mass is 365 g/mol. The molecule has 2 fully saturated rings. The van der Waals surface area contributed by atoms with Gasteiger partial charge in [0.2, 0.25) is 0 Å². The third kappa shape index (κ3) is 3.89. The molecule has 0 N–H and O–H groups in total. The molecule has 0 radical (unpaired) electrons. The van der Waals surface area contributed by atoms with Crippen molar-refractivity contribution in [3.05, 3.63) is 48.4 Å². The molecule has 1 aliphatic carbocycles. The molecule has 0 atom stereocenters. The first kappa shape index (κ1) is 17.8. The van der Waals surface area contributed by atoms with Gasteiger partial charge >= 0.3 is 0 Å². The number of carbonyl (C=O) groups is 1. The molecule has 6 nitrogen and oxygen atoms in total. The maximum Gasteiger partial charge on any atom is 0.253 e. The highest BCUT2D eigenvalue weighted by atomic mass is 16.2. The van der Waals surface area contributed by atoms with Gasteiger partial charge in [0, 0.05) is 56.7 Å². The van der Waals surface area contributed by atoms with Gasteiger partial charge in [0.05, 0.1) is 0 Å². The average molecular weight is 365 g/mol. The first-order chi connectivity index (χ1) is 13.1. The predicted octanol–water partition coefficient (Wildman–Crippen LogP) is 2.82. The lowest BCUT2D eigenvalue weighted by Crippen LogP contribution is -2.48. The van der Waals surface area contributed by atoms with Crippen LogP contribution in [0.15, 0.2) is 42.9 Å². The van der Waals surface area contributed by atoms with Crippen LogP contribution in [0, 0.1) is 0 Å². The van der Waals surface area contributed by atoms with E-state index in [2.05, 4.69) is 14.9 Å². The highest BCUT2D eigenvalue weighted by Gasteiger charge is 2.37. The van der Waals surface area contributed by atoms with Crippen LogP contribution in [-0.4, -0.2) is 60.0 Å². The summed E-state index contributed by atoms with van der Waals surface area (Å²) in [7, 11) is 4.01. The molecular weight excluding hydrogens is 338 g/mol. The predicted molar refractivity (Wildman–Crippen MR) is 107 cm³/mol. The number of likely N-dealkylation sites (tertiary alicyclic amines) is 1. The molecule has 1 saturated carbocycles. The largest absolute Gasteiger partial charge is 0.378 e. The van der Waals surface area contributed by atoms with E-state index in [4.69, 9.17) is 0 Å². The molecule has 2 aromatic rings. The molecular formula is C21H27N5O. The second-order valence-electron chi connectivity index (χ2n) is 7.67. The molecule has 1 aromatic carbocycles. The summed E-state index contributed by atoms with van der Waals surface area (Å²) in [6.07, 6.45) is 7.89. The molecule has 27 heavy (non-hydrogen) atoms. The maximum atomic E-state index is 12.9. The van der Waals surface area contributed by atoms with E-state index in [0.717, 1.165) is 43.0 Å². The van der Waals surface area contributed by atoms with E-state index in [0.29, 0.717) is 12.1 Å². The number of nitrogens with zero attached hydrogens (tertiary/aromatic N) is 5. The Kier molecular flexibility index (Phi) is 4.97. The molecule has 6 heteroatoms. The summed E-state index contributed by atoms with van der Waals surface area (Å²) >= 11 is 0. The second kappa shape index (κ2) is 7.55.